The molecule has 0 aliphatic carbocycles. The summed E-state index contributed by atoms with van der Waals surface area (Å²) in [6.45, 7) is 2.08. The topological polar surface area (TPSA) is 111 Å². The zero-order chi connectivity index (χ0) is 15.3. The van der Waals surface area contributed by atoms with Gasteiger partial charge in [0.05, 0.1) is 6.54 Å². The SMILES string of the molecule is CC1CN(C(N)=O)C(=O)c2cc3ccc(C(N)=O)cc3n21. The fourth-order valence-corrected chi connectivity index (χ4v) is 2.77. The van der Waals surface area contributed by atoms with E-state index in [-0.39, 0.29) is 12.6 Å². The summed E-state index contributed by atoms with van der Waals surface area (Å²) in [5.74, 6) is -0.960. The van der Waals surface area contributed by atoms with Crippen molar-refractivity contribution in [3.05, 3.63) is 35.5 Å². The first kappa shape index (κ1) is 13.2. The Balaban J connectivity index is 2.24. The fourth-order valence-electron chi connectivity index (χ4n) is 2.77. The highest BCUT2D eigenvalue weighted by molar-refractivity contribution is 6.07. The third-order valence-corrected chi connectivity index (χ3v) is 3.74. The van der Waals surface area contributed by atoms with Crippen molar-refractivity contribution in [2.45, 2.75) is 13.0 Å². The number of fused-ring (bicyclic) bond motifs is 3. The van der Waals surface area contributed by atoms with Crippen LogP contribution in [0.15, 0.2) is 24.3 Å². The molecule has 3 rings (SSSR count). The summed E-state index contributed by atoms with van der Waals surface area (Å²) >= 11 is 0. The number of urea groups is 1. The van der Waals surface area contributed by atoms with Gasteiger partial charge in [-0.15, -0.1) is 0 Å². The Morgan fingerprint density at radius 3 is 2.57 bits per heavy atom. The van der Waals surface area contributed by atoms with Crippen LogP contribution in [-0.4, -0.2) is 33.9 Å². The zero-order valence-corrected chi connectivity index (χ0v) is 11.4. The Bertz CT molecular complexity index is 793. The molecule has 1 aromatic carbocycles. The smallest absolute Gasteiger partial charge is 0.321 e. The summed E-state index contributed by atoms with van der Waals surface area (Å²) in [6.07, 6.45) is 0. The molecule has 7 heteroatoms. The van der Waals surface area contributed by atoms with Crippen molar-refractivity contribution >= 4 is 28.7 Å². The molecule has 0 bridgehead atoms. The number of imide groups is 1. The minimum Gasteiger partial charge on any atom is -0.366 e. The zero-order valence-electron chi connectivity index (χ0n) is 11.4. The number of primary amides is 2. The standard InChI is InChI=1S/C14H14N4O3/c1-7-6-17(14(16)21)13(20)11-4-8-2-3-9(12(15)19)5-10(8)18(7)11/h2-5,7H,6H2,1H3,(H2,15,19)(H2,16,21). The number of rotatable bonds is 1. The van der Waals surface area contributed by atoms with Crippen molar-refractivity contribution < 1.29 is 14.4 Å². The summed E-state index contributed by atoms with van der Waals surface area (Å²) in [5, 5.41) is 0.807. The Morgan fingerprint density at radius 1 is 1.24 bits per heavy atom. The molecule has 2 aromatic rings. The van der Waals surface area contributed by atoms with Gasteiger partial charge in [-0.2, -0.15) is 0 Å². The number of hydrogen-bond donors (Lipinski definition) is 2. The lowest BCUT2D eigenvalue weighted by Crippen LogP contribution is -2.47. The second kappa shape index (κ2) is 4.34. The van der Waals surface area contributed by atoms with Crippen molar-refractivity contribution in [1.82, 2.24) is 9.47 Å². The minimum absolute atomic E-state index is 0.133. The van der Waals surface area contributed by atoms with E-state index in [1.165, 1.54) is 0 Å². The number of nitrogens with two attached hydrogens (primary N) is 2. The van der Waals surface area contributed by atoms with Crippen LogP contribution in [0, 0.1) is 0 Å². The van der Waals surface area contributed by atoms with Crippen molar-refractivity contribution in [3.8, 4) is 0 Å². The monoisotopic (exact) mass is 286 g/mol. The summed E-state index contributed by atoms with van der Waals surface area (Å²) < 4.78 is 1.81. The maximum absolute atomic E-state index is 12.3. The first-order valence-corrected chi connectivity index (χ1v) is 6.46. The highest BCUT2D eigenvalue weighted by atomic mass is 16.2. The average molecular weight is 286 g/mol. The number of benzene rings is 1. The maximum atomic E-state index is 12.3. The molecule has 4 amide bonds. The van der Waals surface area contributed by atoms with Gasteiger partial charge in [0.15, 0.2) is 0 Å². The first-order chi connectivity index (χ1) is 9.90. The Kier molecular flexibility index (Phi) is 2.72. The number of carbonyl (C=O) groups excluding carboxylic acids is 3. The molecule has 0 radical (unpaired) electrons. The highest BCUT2D eigenvalue weighted by Crippen LogP contribution is 2.30. The van der Waals surface area contributed by atoms with E-state index < -0.39 is 17.8 Å². The van der Waals surface area contributed by atoms with Gasteiger partial charge >= 0.3 is 6.03 Å². The van der Waals surface area contributed by atoms with Crippen LogP contribution in [0.4, 0.5) is 4.79 Å². The fraction of sp³-hybridized carbons (Fsp3) is 0.214. The number of carbonyl (C=O) groups is 3. The van der Waals surface area contributed by atoms with E-state index in [2.05, 4.69) is 0 Å². The molecule has 21 heavy (non-hydrogen) atoms. The molecule has 1 aliphatic heterocycles. The van der Waals surface area contributed by atoms with Gasteiger partial charge in [-0.05, 0) is 25.1 Å². The van der Waals surface area contributed by atoms with E-state index in [1.807, 2.05) is 11.5 Å². The molecule has 1 aromatic heterocycles. The Hall–Kier alpha value is -2.83. The Morgan fingerprint density at radius 2 is 1.95 bits per heavy atom. The number of amides is 4. The molecule has 4 N–H and O–H groups in total. The van der Waals surface area contributed by atoms with E-state index in [0.717, 1.165) is 15.8 Å². The molecule has 1 atom stereocenters. The lowest BCUT2D eigenvalue weighted by atomic mass is 10.1. The predicted molar refractivity (Wildman–Crippen MR) is 75.8 cm³/mol. The van der Waals surface area contributed by atoms with Crippen LogP contribution >= 0.6 is 0 Å². The molecular weight excluding hydrogens is 272 g/mol. The van der Waals surface area contributed by atoms with Crippen LogP contribution < -0.4 is 11.5 Å². The largest absolute Gasteiger partial charge is 0.366 e. The van der Waals surface area contributed by atoms with Gasteiger partial charge < -0.3 is 16.0 Å². The summed E-state index contributed by atoms with van der Waals surface area (Å²) in [6, 6.07) is 5.79. The van der Waals surface area contributed by atoms with Gasteiger partial charge in [-0.25, -0.2) is 4.79 Å². The van der Waals surface area contributed by atoms with E-state index in [9.17, 15) is 14.4 Å². The van der Waals surface area contributed by atoms with Gasteiger partial charge in [0, 0.05) is 22.5 Å². The van der Waals surface area contributed by atoms with Crippen molar-refractivity contribution in [3.63, 3.8) is 0 Å². The quantitative estimate of drug-likeness (QED) is 0.809. The molecule has 0 saturated carbocycles. The summed E-state index contributed by atoms with van der Waals surface area (Å²) in [4.78, 5) is 36.0. The second-order valence-corrected chi connectivity index (χ2v) is 5.14. The molecule has 0 saturated heterocycles. The molecule has 7 nitrogen and oxygen atoms in total. The van der Waals surface area contributed by atoms with Crippen molar-refractivity contribution in [2.24, 2.45) is 11.5 Å². The van der Waals surface area contributed by atoms with Crippen molar-refractivity contribution in [2.75, 3.05) is 6.54 Å². The second-order valence-electron chi connectivity index (χ2n) is 5.14. The average Bonchev–Trinajstić information content (AvgIpc) is 2.81. The summed E-state index contributed by atoms with van der Waals surface area (Å²) in [5.41, 5.74) is 12.0. The first-order valence-electron chi connectivity index (χ1n) is 6.46. The normalized spacial score (nSPS) is 17.9. The van der Waals surface area contributed by atoms with Crippen LogP contribution in [0.5, 0.6) is 0 Å². The van der Waals surface area contributed by atoms with Crippen LogP contribution in [0.25, 0.3) is 10.9 Å². The van der Waals surface area contributed by atoms with Crippen LogP contribution in [0.3, 0.4) is 0 Å². The molecule has 2 heterocycles. The third kappa shape index (κ3) is 1.85. The molecule has 1 unspecified atom stereocenters. The summed E-state index contributed by atoms with van der Waals surface area (Å²) in [7, 11) is 0. The lowest BCUT2D eigenvalue weighted by molar-refractivity contribution is 0.0744. The van der Waals surface area contributed by atoms with Gasteiger partial charge in [-0.3, -0.25) is 14.5 Å². The predicted octanol–water partition coefficient (Wildman–Crippen LogP) is 0.836. The van der Waals surface area contributed by atoms with Crippen LogP contribution in [0.1, 0.15) is 33.8 Å². The van der Waals surface area contributed by atoms with Crippen LogP contribution in [-0.2, 0) is 0 Å². The van der Waals surface area contributed by atoms with Gasteiger partial charge in [-0.1, -0.05) is 6.07 Å². The van der Waals surface area contributed by atoms with Crippen LogP contribution in [0.2, 0.25) is 0 Å². The number of hydrogen-bond acceptors (Lipinski definition) is 3. The highest BCUT2D eigenvalue weighted by Gasteiger charge is 2.33. The van der Waals surface area contributed by atoms with Gasteiger partial charge in [0.25, 0.3) is 5.91 Å². The molecule has 108 valence electrons. The van der Waals surface area contributed by atoms with E-state index in [1.54, 1.807) is 24.3 Å². The van der Waals surface area contributed by atoms with E-state index in [0.29, 0.717) is 11.3 Å². The van der Waals surface area contributed by atoms with Gasteiger partial charge in [0.2, 0.25) is 5.91 Å². The minimum atomic E-state index is -0.763. The maximum Gasteiger partial charge on any atom is 0.321 e. The Labute approximate surface area is 120 Å². The number of aromatic nitrogens is 1. The van der Waals surface area contributed by atoms with Crippen molar-refractivity contribution in [1.29, 1.82) is 0 Å². The molecule has 0 spiro atoms. The number of nitrogens with zero attached hydrogens (tertiary/aromatic N) is 2. The van der Waals surface area contributed by atoms with E-state index >= 15 is 0 Å². The van der Waals surface area contributed by atoms with Gasteiger partial charge in [0.1, 0.15) is 5.69 Å². The lowest BCUT2D eigenvalue weighted by Gasteiger charge is -2.30. The molecular formula is C14H14N4O3. The van der Waals surface area contributed by atoms with E-state index in [4.69, 9.17) is 11.5 Å². The third-order valence-electron chi connectivity index (χ3n) is 3.74. The molecule has 1 aliphatic rings. The molecule has 0 fully saturated rings.